The number of likely N-dealkylation sites (tertiary alicyclic amines) is 1. The van der Waals surface area contributed by atoms with Crippen LogP contribution in [0.5, 0.6) is 0 Å². The Morgan fingerprint density at radius 2 is 1.83 bits per heavy atom. The number of ether oxygens (including phenoxy) is 2. The van der Waals surface area contributed by atoms with Crippen molar-refractivity contribution in [3.63, 3.8) is 0 Å². The Morgan fingerprint density at radius 3 is 2.45 bits per heavy atom. The Bertz CT molecular complexity index is 456. The first kappa shape index (κ1) is 24.4. The molecule has 0 aromatic heterocycles. The highest BCUT2D eigenvalue weighted by Crippen LogP contribution is 2.32. The molecule has 0 aromatic rings. The molecule has 0 aromatic carbocycles. The van der Waals surface area contributed by atoms with Crippen LogP contribution in [0.4, 0.5) is 0 Å². The number of nitrogens with zero attached hydrogens (tertiary/aromatic N) is 2. The molecule has 170 valence electrons. The third-order valence-corrected chi connectivity index (χ3v) is 6.03. The maximum Gasteiger partial charge on any atom is 0.191 e. The molecular formula is C23H46N4O2. The Labute approximate surface area is 179 Å². The largest absolute Gasteiger partial charge is 0.377 e. The molecule has 0 spiro atoms. The van der Waals surface area contributed by atoms with E-state index in [1.807, 2.05) is 0 Å². The summed E-state index contributed by atoms with van der Waals surface area (Å²) < 4.78 is 12.0. The standard InChI is InChI=1S/C23H46N4O2/c1-5-17-29-23(12-8-7-9-13-23)19-25-22(24-6-2)26-21-10-14-27(15-11-21)16-18-28-20(3)4/h20-21H,5-19H2,1-4H3,(H2,24,25,26). The average molecular weight is 411 g/mol. The van der Waals surface area contributed by atoms with E-state index in [0.29, 0.717) is 12.1 Å². The minimum Gasteiger partial charge on any atom is -0.377 e. The van der Waals surface area contributed by atoms with Crippen LogP contribution < -0.4 is 10.6 Å². The van der Waals surface area contributed by atoms with Gasteiger partial charge in [-0.15, -0.1) is 0 Å². The van der Waals surface area contributed by atoms with Crippen LogP contribution in [0.25, 0.3) is 0 Å². The lowest BCUT2D eigenvalue weighted by Gasteiger charge is -2.36. The lowest BCUT2D eigenvalue weighted by molar-refractivity contribution is -0.0624. The zero-order valence-electron chi connectivity index (χ0n) is 19.5. The van der Waals surface area contributed by atoms with Crippen LogP contribution in [0.1, 0.15) is 79.1 Å². The fourth-order valence-corrected chi connectivity index (χ4v) is 4.32. The van der Waals surface area contributed by atoms with Gasteiger partial charge in [0.15, 0.2) is 5.96 Å². The fourth-order valence-electron chi connectivity index (χ4n) is 4.32. The topological polar surface area (TPSA) is 58.1 Å². The van der Waals surface area contributed by atoms with Crippen LogP contribution in [0, 0.1) is 0 Å². The van der Waals surface area contributed by atoms with E-state index in [2.05, 4.69) is 43.2 Å². The zero-order valence-corrected chi connectivity index (χ0v) is 19.5. The summed E-state index contributed by atoms with van der Waals surface area (Å²) in [6.07, 6.45) is 9.86. The fraction of sp³-hybridized carbons (Fsp3) is 0.957. The first-order valence-corrected chi connectivity index (χ1v) is 12.1. The van der Waals surface area contributed by atoms with Gasteiger partial charge in [0.25, 0.3) is 0 Å². The molecule has 2 fully saturated rings. The Morgan fingerprint density at radius 1 is 1.10 bits per heavy atom. The highest BCUT2D eigenvalue weighted by Gasteiger charge is 2.33. The van der Waals surface area contributed by atoms with Crippen LogP contribution in [0.2, 0.25) is 0 Å². The van der Waals surface area contributed by atoms with Crippen molar-refractivity contribution in [2.75, 3.05) is 45.9 Å². The van der Waals surface area contributed by atoms with Gasteiger partial charge in [-0.25, -0.2) is 0 Å². The second-order valence-corrected chi connectivity index (χ2v) is 8.97. The molecule has 1 aliphatic heterocycles. The maximum atomic E-state index is 6.33. The summed E-state index contributed by atoms with van der Waals surface area (Å²) in [5.74, 6) is 0.958. The van der Waals surface area contributed by atoms with Gasteiger partial charge < -0.3 is 25.0 Å². The molecule has 2 rings (SSSR count). The van der Waals surface area contributed by atoms with Crippen LogP contribution in [0.3, 0.4) is 0 Å². The molecule has 6 nitrogen and oxygen atoms in total. The smallest absolute Gasteiger partial charge is 0.191 e. The second-order valence-electron chi connectivity index (χ2n) is 8.97. The number of nitrogens with one attached hydrogen (secondary N) is 2. The molecule has 1 heterocycles. The monoisotopic (exact) mass is 410 g/mol. The van der Waals surface area contributed by atoms with Crippen molar-refractivity contribution >= 4 is 5.96 Å². The molecule has 1 saturated heterocycles. The summed E-state index contributed by atoms with van der Waals surface area (Å²) in [4.78, 5) is 7.49. The molecule has 0 radical (unpaired) electrons. The molecule has 2 N–H and O–H groups in total. The number of piperidine rings is 1. The van der Waals surface area contributed by atoms with E-state index in [4.69, 9.17) is 14.5 Å². The summed E-state index contributed by atoms with van der Waals surface area (Å²) in [6, 6.07) is 0.494. The van der Waals surface area contributed by atoms with E-state index in [1.165, 1.54) is 19.3 Å². The molecule has 0 amide bonds. The number of rotatable bonds is 11. The molecule has 1 aliphatic carbocycles. The maximum absolute atomic E-state index is 6.33. The van der Waals surface area contributed by atoms with E-state index < -0.39 is 0 Å². The van der Waals surface area contributed by atoms with Crippen LogP contribution in [0.15, 0.2) is 4.99 Å². The summed E-state index contributed by atoms with van der Waals surface area (Å²) in [5.41, 5.74) is -0.0452. The van der Waals surface area contributed by atoms with Gasteiger partial charge in [0, 0.05) is 38.8 Å². The summed E-state index contributed by atoms with van der Waals surface area (Å²) in [5, 5.41) is 7.14. The number of aliphatic imine (C=N–C) groups is 1. The van der Waals surface area contributed by atoms with Gasteiger partial charge >= 0.3 is 0 Å². The van der Waals surface area contributed by atoms with E-state index in [1.54, 1.807) is 0 Å². The first-order chi connectivity index (χ1) is 14.1. The Kier molecular flexibility index (Phi) is 11.3. The van der Waals surface area contributed by atoms with Gasteiger partial charge in [-0.3, -0.25) is 4.99 Å². The number of hydrogen-bond acceptors (Lipinski definition) is 4. The van der Waals surface area contributed by atoms with E-state index >= 15 is 0 Å². The van der Waals surface area contributed by atoms with Gasteiger partial charge in [0.05, 0.1) is 24.9 Å². The van der Waals surface area contributed by atoms with Crippen molar-refractivity contribution in [3.8, 4) is 0 Å². The van der Waals surface area contributed by atoms with Gasteiger partial charge in [-0.1, -0.05) is 26.2 Å². The minimum atomic E-state index is -0.0452. The summed E-state index contributed by atoms with van der Waals surface area (Å²) in [6.45, 7) is 15.2. The molecule has 2 aliphatic rings. The highest BCUT2D eigenvalue weighted by molar-refractivity contribution is 5.80. The average Bonchev–Trinajstić information content (AvgIpc) is 2.72. The third kappa shape index (κ3) is 9.22. The third-order valence-electron chi connectivity index (χ3n) is 6.03. The zero-order chi connectivity index (χ0) is 21.0. The SMILES string of the molecule is CCCOC1(CN=C(NCC)NC2CCN(CCOC(C)C)CC2)CCCCC1. The van der Waals surface area contributed by atoms with Crippen molar-refractivity contribution in [2.45, 2.75) is 96.8 Å². The van der Waals surface area contributed by atoms with E-state index in [9.17, 15) is 0 Å². The number of hydrogen-bond donors (Lipinski definition) is 2. The Balaban J connectivity index is 1.82. The van der Waals surface area contributed by atoms with Crippen molar-refractivity contribution in [2.24, 2.45) is 4.99 Å². The molecule has 29 heavy (non-hydrogen) atoms. The lowest BCUT2D eigenvalue weighted by Crippen LogP contribution is -2.50. The normalized spacial score (nSPS) is 21.5. The number of guanidine groups is 1. The van der Waals surface area contributed by atoms with Crippen molar-refractivity contribution in [1.82, 2.24) is 15.5 Å². The van der Waals surface area contributed by atoms with Crippen molar-refractivity contribution < 1.29 is 9.47 Å². The lowest BCUT2D eigenvalue weighted by atomic mass is 9.84. The minimum absolute atomic E-state index is 0.0452. The molecule has 0 unspecified atom stereocenters. The predicted octanol–water partition coefficient (Wildman–Crippen LogP) is 3.56. The van der Waals surface area contributed by atoms with Gasteiger partial charge in [-0.2, -0.15) is 0 Å². The van der Waals surface area contributed by atoms with Crippen LogP contribution in [-0.4, -0.2) is 74.5 Å². The quantitative estimate of drug-likeness (QED) is 0.403. The molecule has 6 heteroatoms. The van der Waals surface area contributed by atoms with Gasteiger partial charge in [0.2, 0.25) is 0 Å². The van der Waals surface area contributed by atoms with Crippen LogP contribution in [-0.2, 0) is 9.47 Å². The first-order valence-electron chi connectivity index (χ1n) is 12.1. The van der Waals surface area contributed by atoms with Crippen molar-refractivity contribution in [3.05, 3.63) is 0 Å². The second kappa shape index (κ2) is 13.5. The Hall–Kier alpha value is -0.850. The summed E-state index contributed by atoms with van der Waals surface area (Å²) >= 11 is 0. The van der Waals surface area contributed by atoms with Gasteiger partial charge in [-0.05, 0) is 52.9 Å². The van der Waals surface area contributed by atoms with Gasteiger partial charge in [0.1, 0.15) is 0 Å². The highest BCUT2D eigenvalue weighted by atomic mass is 16.5. The molecular weight excluding hydrogens is 364 g/mol. The molecule has 1 saturated carbocycles. The molecule has 0 bridgehead atoms. The van der Waals surface area contributed by atoms with Crippen molar-refractivity contribution in [1.29, 1.82) is 0 Å². The van der Waals surface area contributed by atoms with E-state index in [-0.39, 0.29) is 5.60 Å². The predicted molar refractivity (Wildman–Crippen MR) is 122 cm³/mol. The summed E-state index contributed by atoms with van der Waals surface area (Å²) in [7, 11) is 0. The van der Waals surface area contributed by atoms with E-state index in [0.717, 1.165) is 84.0 Å². The van der Waals surface area contributed by atoms with Crippen LogP contribution >= 0.6 is 0 Å². The molecule has 0 atom stereocenters.